The number of nitrogens with one attached hydrogen (secondary N) is 1. The molecule has 0 amide bonds. The van der Waals surface area contributed by atoms with Crippen LogP contribution in [0, 0.1) is 5.92 Å². The van der Waals surface area contributed by atoms with Crippen molar-refractivity contribution in [1.29, 1.82) is 0 Å². The topological polar surface area (TPSA) is 49.4 Å². The maximum absolute atomic E-state index is 11.9. The highest BCUT2D eigenvalue weighted by atomic mass is 79.9. The number of alkyl halides is 1. The number of hydrogen-bond acceptors (Lipinski definition) is 2. The standard InChI is InChI=1S/C10H21BrN2O2S/c1-2-10(5-6-11)9-12-16(14,15)13-7-3-4-8-13/h10,12H,2-9H2,1H3. The average molecular weight is 313 g/mol. The van der Waals surface area contributed by atoms with E-state index in [4.69, 9.17) is 0 Å². The monoisotopic (exact) mass is 312 g/mol. The lowest BCUT2D eigenvalue weighted by molar-refractivity contribution is 0.440. The van der Waals surface area contributed by atoms with Crippen LogP contribution in [0.5, 0.6) is 0 Å². The van der Waals surface area contributed by atoms with Crippen LogP contribution in [0.3, 0.4) is 0 Å². The SMILES string of the molecule is CCC(CCBr)CNS(=O)(=O)N1CCCC1. The van der Waals surface area contributed by atoms with Crippen LogP contribution in [-0.4, -0.2) is 37.7 Å². The molecule has 1 rings (SSSR count). The zero-order chi connectivity index (χ0) is 12.0. The largest absolute Gasteiger partial charge is 0.279 e. The van der Waals surface area contributed by atoms with Crippen molar-refractivity contribution in [2.24, 2.45) is 5.92 Å². The average Bonchev–Trinajstić information content (AvgIpc) is 2.78. The molecule has 1 aliphatic heterocycles. The number of hydrogen-bond donors (Lipinski definition) is 1. The second kappa shape index (κ2) is 6.93. The third-order valence-electron chi connectivity index (χ3n) is 3.05. The fraction of sp³-hybridized carbons (Fsp3) is 1.00. The molecule has 16 heavy (non-hydrogen) atoms. The van der Waals surface area contributed by atoms with E-state index in [1.807, 2.05) is 0 Å². The Morgan fingerprint density at radius 1 is 1.38 bits per heavy atom. The summed E-state index contributed by atoms with van der Waals surface area (Å²) < 4.78 is 28.0. The summed E-state index contributed by atoms with van der Waals surface area (Å²) in [7, 11) is -3.22. The predicted molar refractivity (Wildman–Crippen MR) is 69.9 cm³/mol. The smallest absolute Gasteiger partial charge is 0.202 e. The van der Waals surface area contributed by atoms with E-state index in [-0.39, 0.29) is 0 Å². The third kappa shape index (κ3) is 4.31. The van der Waals surface area contributed by atoms with E-state index in [0.29, 0.717) is 25.6 Å². The van der Waals surface area contributed by atoms with Gasteiger partial charge in [-0.15, -0.1) is 0 Å². The lowest BCUT2D eigenvalue weighted by atomic mass is 10.0. The zero-order valence-corrected chi connectivity index (χ0v) is 12.2. The quantitative estimate of drug-likeness (QED) is 0.728. The minimum absolute atomic E-state index is 0.428. The molecule has 0 aromatic carbocycles. The molecule has 0 spiro atoms. The molecular weight excluding hydrogens is 292 g/mol. The Bertz CT molecular complexity index is 289. The van der Waals surface area contributed by atoms with Gasteiger partial charge < -0.3 is 0 Å². The van der Waals surface area contributed by atoms with E-state index in [1.54, 1.807) is 4.31 Å². The van der Waals surface area contributed by atoms with E-state index in [1.165, 1.54) is 0 Å². The molecule has 0 aliphatic carbocycles. The third-order valence-corrected chi connectivity index (χ3v) is 5.09. The van der Waals surface area contributed by atoms with Crippen molar-refractivity contribution in [2.75, 3.05) is 25.0 Å². The van der Waals surface area contributed by atoms with E-state index < -0.39 is 10.2 Å². The summed E-state index contributed by atoms with van der Waals surface area (Å²) in [6.45, 7) is 3.99. The second-order valence-electron chi connectivity index (χ2n) is 4.21. The van der Waals surface area contributed by atoms with Gasteiger partial charge >= 0.3 is 0 Å². The molecule has 1 atom stereocenters. The minimum Gasteiger partial charge on any atom is -0.202 e. The first-order chi connectivity index (χ1) is 7.60. The van der Waals surface area contributed by atoms with Gasteiger partial charge in [0.1, 0.15) is 0 Å². The maximum Gasteiger partial charge on any atom is 0.279 e. The molecule has 4 nitrogen and oxygen atoms in total. The Morgan fingerprint density at radius 2 is 2.00 bits per heavy atom. The molecule has 6 heteroatoms. The lowest BCUT2D eigenvalue weighted by Crippen LogP contribution is -2.40. The van der Waals surface area contributed by atoms with Gasteiger partial charge in [0.2, 0.25) is 0 Å². The van der Waals surface area contributed by atoms with Gasteiger partial charge in [0.15, 0.2) is 0 Å². The molecule has 96 valence electrons. The summed E-state index contributed by atoms with van der Waals surface area (Å²) in [4.78, 5) is 0. The van der Waals surface area contributed by atoms with Gasteiger partial charge in [-0.1, -0.05) is 29.3 Å². The van der Waals surface area contributed by atoms with Gasteiger partial charge in [0.25, 0.3) is 10.2 Å². The number of halogens is 1. The lowest BCUT2D eigenvalue weighted by Gasteiger charge is -2.19. The van der Waals surface area contributed by atoms with Gasteiger partial charge in [0, 0.05) is 25.0 Å². The summed E-state index contributed by atoms with van der Waals surface area (Å²) in [5.41, 5.74) is 0. The molecule has 1 fully saturated rings. The molecule has 0 radical (unpaired) electrons. The molecule has 1 unspecified atom stereocenters. The first-order valence-corrected chi connectivity index (χ1v) is 8.47. The van der Waals surface area contributed by atoms with Crippen LogP contribution < -0.4 is 4.72 Å². The van der Waals surface area contributed by atoms with E-state index in [9.17, 15) is 8.42 Å². The van der Waals surface area contributed by atoms with Crippen LogP contribution in [0.15, 0.2) is 0 Å². The number of rotatable bonds is 7. The van der Waals surface area contributed by atoms with Crippen LogP contribution in [0.2, 0.25) is 0 Å². The highest BCUT2D eigenvalue weighted by molar-refractivity contribution is 9.09. The van der Waals surface area contributed by atoms with Crippen molar-refractivity contribution < 1.29 is 8.42 Å². The first kappa shape index (κ1) is 14.4. The predicted octanol–water partition coefficient (Wildman–Crippen LogP) is 1.73. The Kier molecular flexibility index (Phi) is 6.25. The van der Waals surface area contributed by atoms with E-state index >= 15 is 0 Å². The Morgan fingerprint density at radius 3 is 2.50 bits per heavy atom. The molecular formula is C10H21BrN2O2S. The normalized spacial score (nSPS) is 20.1. The van der Waals surface area contributed by atoms with Crippen LogP contribution in [-0.2, 0) is 10.2 Å². The highest BCUT2D eigenvalue weighted by Gasteiger charge is 2.25. The van der Waals surface area contributed by atoms with Crippen LogP contribution in [0.1, 0.15) is 32.6 Å². The van der Waals surface area contributed by atoms with Gasteiger partial charge in [-0.2, -0.15) is 12.7 Å². The Hall–Kier alpha value is 0.350. The zero-order valence-electron chi connectivity index (χ0n) is 9.78. The van der Waals surface area contributed by atoms with E-state index in [2.05, 4.69) is 27.6 Å². The molecule has 1 N–H and O–H groups in total. The van der Waals surface area contributed by atoms with Crippen molar-refractivity contribution in [3.05, 3.63) is 0 Å². The van der Waals surface area contributed by atoms with Crippen LogP contribution in [0.25, 0.3) is 0 Å². The summed E-state index contributed by atoms with van der Waals surface area (Å²) in [5.74, 6) is 0.428. The van der Waals surface area contributed by atoms with Crippen LogP contribution in [0.4, 0.5) is 0 Å². The van der Waals surface area contributed by atoms with Gasteiger partial charge in [-0.3, -0.25) is 0 Å². The fourth-order valence-corrected chi connectivity index (χ4v) is 3.86. The maximum atomic E-state index is 11.9. The van der Waals surface area contributed by atoms with Crippen molar-refractivity contribution in [3.63, 3.8) is 0 Å². The van der Waals surface area contributed by atoms with Gasteiger partial charge in [-0.05, 0) is 25.2 Å². The second-order valence-corrected chi connectivity index (χ2v) is 6.76. The molecule has 1 aliphatic rings. The minimum atomic E-state index is -3.22. The number of nitrogens with zero attached hydrogens (tertiary/aromatic N) is 1. The molecule has 1 saturated heterocycles. The Balaban J connectivity index is 2.40. The molecule has 0 bridgehead atoms. The van der Waals surface area contributed by atoms with Crippen molar-refractivity contribution in [3.8, 4) is 0 Å². The summed E-state index contributed by atoms with van der Waals surface area (Å²) >= 11 is 3.39. The van der Waals surface area contributed by atoms with Crippen molar-refractivity contribution in [2.45, 2.75) is 32.6 Å². The Labute approximate surface area is 107 Å². The summed E-state index contributed by atoms with van der Waals surface area (Å²) in [5, 5.41) is 0.928. The van der Waals surface area contributed by atoms with E-state index in [0.717, 1.165) is 31.0 Å². The molecule has 1 heterocycles. The molecule has 0 saturated carbocycles. The summed E-state index contributed by atoms with van der Waals surface area (Å²) in [6, 6.07) is 0. The fourth-order valence-electron chi connectivity index (χ4n) is 1.85. The van der Waals surface area contributed by atoms with Gasteiger partial charge in [-0.25, -0.2) is 4.72 Å². The van der Waals surface area contributed by atoms with Crippen LogP contribution >= 0.6 is 15.9 Å². The first-order valence-electron chi connectivity index (χ1n) is 5.91. The highest BCUT2D eigenvalue weighted by Crippen LogP contribution is 2.13. The van der Waals surface area contributed by atoms with Gasteiger partial charge in [0.05, 0.1) is 0 Å². The summed E-state index contributed by atoms with van der Waals surface area (Å²) in [6.07, 6.45) is 3.99. The van der Waals surface area contributed by atoms with Crippen molar-refractivity contribution >= 4 is 26.1 Å². The molecule has 0 aromatic rings. The van der Waals surface area contributed by atoms with Crippen molar-refractivity contribution in [1.82, 2.24) is 9.03 Å². The molecule has 0 aromatic heterocycles.